The molecule has 4 aromatic rings. The molecule has 12 heteroatoms. The minimum Gasteiger partial charge on any atom is -0.457 e. The first-order chi connectivity index (χ1) is 18.3. The number of para-hydroxylation sites is 1. The highest BCUT2D eigenvalue weighted by Gasteiger charge is 2.39. The molecule has 2 amide bonds. The Labute approximate surface area is 222 Å². The summed E-state index contributed by atoms with van der Waals surface area (Å²) in [7, 11) is -3.94. The number of benzene rings is 3. The molecule has 0 atom stereocenters. The van der Waals surface area contributed by atoms with Gasteiger partial charge in [0, 0.05) is 18.1 Å². The lowest BCUT2D eigenvalue weighted by Crippen LogP contribution is -2.32. The highest BCUT2D eigenvalue weighted by molar-refractivity contribution is 7.92. The Morgan fingerprint density at radius 2 is 1.39 bits per heavy atom. The number of amides is 2. The van der Waals surface area contributed by atoms with Crippen molar-refractivity contribution in [3.8, 4) is 11.5 Å². The number of nitrogens with zero attached hydrogens (tertiary/aromatic N) is 3. The van der Waals surface area contributed by atoms with Crippen LogP contribution in [0.2, 0.25) is 0 Å². The lowest BCUT2D eigenvalue weighted by atomic mass is 10.2. The van der Waals surface area contributed by atoms with Crippen molar-refractivity contribution in [1.29, 1.82) is 0 Å². The standard InChI is InChI=1S/C26H18ClN5O5S/c27-22-23(30-17-7-13-21(14-8-17)38(35,36)31-26-28-15-4-16-29-26)25(34)32(24(22)33)18-9-11-20(12-10-18)37-19-5-2-1-3-6-19/h1-16,30H,(H,28,29,31). The molecule has 5 rings (SSSR count). The summed E-state index contributed by atoms with van der Waals surface area (Å²) < 4.78 is 33.2. The van der Waals surface area contributed by atoms with Crippen molar-refractivity contribution in [3.63, 3.8) is 0 Å². The van der Waals surface area contributed by atoms with Gasteiger partial charge in [0.05, 0.1) is 10.6 Å². The van der Waals surface area contributed by atoms with E-state index in [0.29, 0.717) is 22.9 Å². The number of sulfonamides is 1. The van der Waals surface area contributed by atoms with E-state index in [1.165, 1.54) is 36.7 Å². The molecule has 0 saturated carbocycles. The van der Waals surface area contributed by atoms with E-state index in [0.717, 1.165) is 4.90 Å². The first kappa shape index (κ1) is 24.9. The zero-order chi connectivity index (χ0) is 26.7. The van der Waals surface area contributed by atoms with Gasteiger partial charge in [0.2, 0.25) is 5.95 Å². The summed E-state index contributed by atoms with van der Waals surface area (Å²) in [5.74, 6) is -0.243. The summed E-state index contributed by atoms with van der Waals surface area (Å²) in [6, 6.07) is 22.7. The molecule has 0 spiro atoms. The van der Waals surface area contributed by atoms with Crippen LogP contribution < -0.4 is 19.7 Å². The van der Waals surface area contributed by atoms with E-state index in [4.69, 9.17) is 16.3 Å². The number of aromatic nitrogens is 2. The van der Waals surface area contributed by atoms with Crippen LogP contribution in [0.15, 0.2) is 113 Å². The van der Waals surface area contributed by atoms with Gasteiger partial charge in [-0.15, -0.1) is 0 Å². The second-order valence-corrected chi connectivity index (χ2v) is 9.93. The molecule has 0 saturated heterocycles. The molecule has 2 heterocycles. The summed E-state index contributed by atoms with van der Waals surface area (Å²) in [6.07, 6.45) is 2.82. The van der Waals surface area contributed by atoms with Gasteiger partial charge < -0.3 is 10.1 Å². The highest BCUT2D eigenvalue weighted by Crippen LogP contribution is 2.32. The van der Waals surface area contributed by atoms with Crippen molar-refractivity contribution in [1.82, 2.24) is 9.97 Å². The van der Waals surface area contributed by atoms with E-state index in [1.807, 2.05) is 18.2 Å². The van der Waals surface area contributed by atoms with Crippen LogP contribution in [0.3, 0.4) is 0 Å². The van der Waals surface area contributed by atoms with Crippen LogP contribution in [0.4, 0.5) is 17.3 Å². The minimum atomic E-state index is -3.94. The smallest absolute Gasteiger partial charge is 0.283 e. The normalized spacial score (nSPS) is 13.6. The lowest BCUT2D eigenvalue weighted by molar-refractivity contribution is -0.120. The van der Waals surface area contributed by atoms with Gasteiger partial charge in [0.1, 0.15) is 22.2 Å². The molecule has 0 bridgehead atoms. The van der Waals surface area contributed by atoms with E-state index in [1.54, 1.807) is 42.5 Å². The fraction of sp³-hybridized carbons (Fsp3) is 0. The van der Waals surface area contributed by atoms with E-state index >= 15 is 0 Å². The SMILES string of the molecule is O=C1C(Cl)=C(Nc2ccc(S(=O)(=O)Nc3ncccn3)cc2)C(=O)N1c1ccc(Oc2ccccc2)cc1. The number of carbonyl (C=O) groups excluding carboxylic acids is 2. The molecular formula is C26H18ClN5O5S. The molecule has 38 heavy (non-hydrogen) atoms. The molecule has 10 nitrogen and oxygen atoms in total. The second kappa shape index (κ2) is 10.3. The molecule has 0 radical (unpaired) electrons. The molecule has 3 aromatic carbocycles. The molecule has 1 aliphatic heterocycles. The van der Waals surface area contributed by atoms with Crippen LogP contribution in [0, 0.1) is 0 Å². The van der Waals surface area contributed by atoms with Gasteiger partial charge in [0.15, 0.2) is 0 Å². The quantitative estimate of drug-likeness (QED) is 0.308. The molecule has 1 aromatic heterocycles. The minimum absolute atomic E-state index is 0.0520. The zero-order valence-electron chi connectivity index (χ0n) is 19.4. The third-order valence-corrected chi connectivity index (χ3v) is 7.02. The zero-order valence-corrected chi connectivity index (χ0v) is 21.0. The number of imide groups is 1. The van der Waals surface area contributed by atoms with Gasteiger partial charge in [-0.25, -0.2) is 28.0 Å². The van der Waals surface area contributed by atoms with Gasteiger partial charge >= 0.3 is 0 Å². The molecule has 0 fully saturated rings. The molecule has 2 N–H and O–H groups in total. The Morgan fingerprint density at radius 1 is 0.763 bits per heavy atom. The van der Waals surface area contributed by atoms with Crippen LogP contribution in [-0.2, 0) is 19.6 Å². The van der Waals surface area contributed by atoms with Crippen molar-refractivity contribution < 1.29 is 22.7 Å². The maximum absolute atomic E-state index is 13.1. The van der Waals surface area contributed by atoms with E-state index in [-0.39, 0.29) is 21.6 Å². The van der Waals surface area contributed by atoms with Crippen LogP contribution in [0.1, 0.15) is 0 Å². The monoisotopic (exact) mass is 547 g/mol. The Kier molecular flexibility index (Phi) is 6.77. The molecule has 0 aliphatic carbocycles. The number of carbonyl (C=O) groups is 2. The fourth-order valence-electron chi connectivity index (χ4n) is 3.53. The van der Waals surface area contributed by atoms with Crippen molar-refractivity contribution in [3.05, 3.63) is 108 Å². The summed E-state index contributed by atoms with van der Waals surface area (Å²) >= 11 is 6.21. The van der Waals surface area contributed by atoms with Crippen LogP contribution in [0.25, 0.3) is 0 Å². The fourth-order valence-corrected chi connectivity index (χ4v) is 4.70. The van der Waals surface area contributed by atoms with Crippen molar-refractivity contribution in [2.45, 2.75) is 4.90 Å². The largest absolute Gasteiger partial charge is 0.457 e. The second-order valence-electron chi connectivity index (χ2n) is 7.87. The van der Waals surface area contributed by atoms with Crippen LogP contribution in [-0.4, -0.2) is 30.2 Å². The van der Waals surface area contributed by atoms with Crippen LogP contribution in [0.5, 0.6) is 11.5 Å². The summed E-state index contributed by atoms with van der Waals surface area (Å²) in [6.45, 7) is 0. The predicted octanol–water partition coefficient (Wildman–Crippen LogP) is 4.51. The van der Waals surface area contributed by atoms with Gasteiger partial charge in [0.25, 0.3) is 21.8 Å². The summed E-state index contributed by atoms with van der Waals surface area (Å²) in [5.41, 5.74) is 0.529. The van der Waals surface area contributed by atoms with Crippen molar-refractivity contribution in [2.75, 3.05) is 14.9 Å². The van der Waals surface area contributed by atoms with Gasteiger partial charge in [-0.2, -0.15) is 0 Å². The average Bonchev–Trinajstić information content (AvgIpc) is 3.13. The number of hydrogen-bond acceptors (Lipinski definition) is 8. The lowest BCUT2D eigenvalue weighted by Gasteiger charge is -2.16. The Bertz CT molecular complexity index is 1630. The first-order valence-corrected chi connectivity index (χ1v) is 13.0. The number of halogens is 1. The maximum atomic E-state index is 13.1. The molecule has 190 valence electrons. The van der Waals surface area contributed by atoms with Gasteiger partial charge in [-0.1, -0.05) is 29.8 Å². The van der Waals surface area contributed by atoms with E-state index in [9.17, 15) is 18.0 Å². The summed E-state index contributed by atoms with van der Waals surface area (Å²) in [4.78, 5) is 34.5. The third-order valence-electron chi connectivity index (χ3n) is 5.33. The first-order valence-electron chi connectivity index (χ1n) is 11.1. The highest BCUT2D eigenvalue weighted by atomic mass is 35.5. The van der Waals surface area contributed by atoms with E-state index < -0.39 is 21.8 Å². The van der Waals surface area contributed by atoms with Crippen molar-refractivity contribution in [2.24, 2.45) is 0 Å². The maximum Gasteiger partial charge on any atom is 0.283 e. The molecular weight excluding hydrogens is 530 g/mol. The number of anilines is 3. The third kappa shape index (κ3) is 5.19. The summed E-state index contributed by atoms with van der Waals surface area (Å²) in [5, 5.41) is 2.52. The number of rotatable bonds is 8. The molecule has 0 unspecified atom stereocenters. The number of hydrogen-bond donors (Lipinski definition) is 2. The predicted molar refractivity (Wildman–Crippen MR) is 141 cm³/mol. The van der Waals surface area contributed by atoms with Crippen molar-refractivity contribution >= 4 is 50.8 Å². The number of ether oxygens (including phenoxy) is 1. The topological polar surface area (TPSA) is 131 Å². The Hall–Kier alpha value is -4.74. The number of nitrogens with one attached hydrogen (secondary N) is 2. The van der Waals surface area contributed by atoms with Crippen LogP contribution >= 0.6 is 11.6 Å². The van der Waals surface area contributed by atoms with Gasteiger partial charge in [-0.3, -0.25) is 9.59 Å². The Morgan fingerprint density at radius 3 is 2.05 bits per heavy atom. The van der Waals surface area contributed by atoms with E-state index in [2.05, 4.69) is 20.0 Å². The molecule has 1 aliphatic rings. The Balaban J connectivity index is 1.28. The average molecular weight is 548 g/mol. The van der Waals surface area contributed by atoms with Gasteiger partial charge in [-0.05, 0) is 66.7 Å².